The molecule has 30 heavy (non-hydrogen) atoms. The predicted molar refractivity (Wildman–Crippen MR) is 107 cm³/mol. The van der Waals surface area contributed by atoms with Crippen LogP contribution in [0.4, 0.5) is 13.2 Å². The molecule has 0 fully saturated rings. The Morgan fingerprint density at radius 2 is 1.83 bits per heavy atom. The first-order valence-corrected chi connectivity index (χ1v) is 9.36. The Labute approximate surface area is 173 Å². The molecule has 0 saturated carbocycles. The lowest BCUT2D eigenvalue weighted by Crippen LogP contribution is -2.18. The molecule has 4 aromatic rings. The molecule has 4 rings (SSSR count). The standard InChI is InChI=1S/C20H15F3N4O2S/c21-20(22,23)29-14-8-4-7-13(10-14)18(30)15-11-17(28)27-19(24-15)25-16(26-27)9-12-5-2-1-3-6-12/h1-8,10-11,18,30H,9H2,(H,24,25,26). The van der Waals surface area contributed by atoms with E-state index in [2.05, 4.69) is 32.4 Å². The van der Waals surface area contributed by atoms with Crippen LogP contribution < -0.4 is 10.3 Å². The van der Waals surface area contributed by atoms with Gasteiger partial charge in [-0.05, 0) is 23.3 Å². The first kappa shape index (κ1) is 20.0. The van der Waals surface area contributed by atoms with Gasteiger partial charge < -0.3 is 4.74 Å². The Morgan fingerprint density at radius 1 is 1.07 bits per heavy atom. The second kappa shape index (κ2) is 7.86. The van der Waals surface area contributed by atoms with Crippen LogP contribution in [0.2, 0.25) is 0 Å². The highest BCUT2D eigenvalue weighted by Gasteiger charge is 2.31. The quantitative estimate of drug-likeness (QED) is 0.469. The van der Waals surface area contributed by atoms with E-state index in [1.165, 1.54) is 28.8 Å². The maximum absolute atomic E-state index is 12.5. The lowest BCUT2D eigenvalue weighted by molar-refractivity contribution is -0.274. The molecule has 1 unspecified atom stereocenters. The Kier molecular flexibility index (Phi) is 5.25. The van der Waals surface area contributed by atoms with E-state index in [0.717, 1.165) is 5.56 Å². The molecule has 6 nitrogen and oxygen atoms in total. The highest BCUT2D eigenvalue weighted by Crippen LogP contribution is 2.31. The minimum Gasteiger partial charge on any atom is -0.406 e. The van der Waals surface area contributed by atoms with Crippen molar-refractivity contribution in [1.82, 2.24) is 19.6 Å². The van der Waals surface area contributed by atoms with E-state index in [4.69, 9.17) is 0 Å². The van der Waals surface area contributed by atoms with Crippen LogP contribution in [-0.2, 0) is 6.42 Å². The normalized spacial score (nSPS) is 12.8. The number of halogens is 3. The molecule has 0 amide bonds. The zero-order chi connectivity index (χ0) is 21.3. The van der Waals surface area contributed by atoms with Crippen molar-refractivity contribution < 1.29 is 17.9 Å². The molecular weight excluding hydrogens is 417 g/mol. The molecule has 2 aromatic carbocycles. The van der Waals surface area contributed by atoms with Gasteiger partial charge in [-0.15, -0.1) is 13.2 Å². The van der Waals surface area contributed by atoms with Crippen molar-refractivity contribution in [3.63, 3.8) is 0 Å². The fourth-order valence-corrected chi connectivity index (χ4v) is 3.30. The summed E-state index contributed by atoms with van der Waals surface area (Å²) in [4.78, 5) is 21.2. The summed E-state index contributed by atoms with van der Waals surface area (Å²) < 4.78 is 42.6. The number of aromatic amines is 1. The van der Waals surface area contributed by atoms with Crippen LogP contribution in [0.25, 0.3) is 5.78 Å². The lowest BCUT2D eigenvalue weighted by atomic mass is 10.1. The molecule has 0 bridgehead atoms. The van der Waals surface area contributed by atoms with Gasteiger partial charge in [-0.2, -0.15) is 22.1 Å². The third-order valence-electron chi connectivity index (χ3n) is 4.30. The minimum atomic E-state index is -4.80. The molecule has 1 atom stereocenters. The number of hydrogen-bond acceptors (Lipinski definition) is 5. The summed E-state index contributed by atoms with van der Waals surface area (Å²) in [6.45, 7) is 0. The number of H-pyrrole nitrogens is 1. The number of thiol groups is 1. The van der Waals surface area contributed by atoms with Crippen molar-refractivity contribution in [3.8, 4) is 5.75 Å². The number of alkyl halides is 3. The molecule has 0 aliphatic carbocycles. The number of hydrogen-bond donors (Lipinski definition) is 2. The molecule has 2 heterocycles. The van der Waals surface area contributed by atoms with E-state index in [0.29, 0.717) is 17.8 Å². The van der Waals surface area contributed by atoms with Gasteiger partial charge in [0.2, 0.25) is 0 Å². The van der Waals surface area contributed by atoms with Crippen LogP contribution in [0.5, 0.6) is 5.75 Å². The number of nitrogens with one attached hydrogen (secondary N) is 1. The van der Waals surface area contributed by atoms with Crippen LogP contribution in [-0.4, -0.2) is 25.9 Å². The zero-order valence-corrected chi connectivity index (χ0v) is 16.2. The summed E-state index contributed by atoms with van der Waals surface area (Å²) in [7, 11) is 0. The van der Waals surface area contributed by atoms with Crippen LogP contribution >= 0.6 is 12.6 Å². The third-order valence-corrected chi connectivity index (χ3v) is 4.86. The lowest BCUT2D eigenvalue weighted by Gasteiger charge is -2.13. The van der Waals surface area contributed by atoms with Crippen LogP contribution in [0.15, 0.2) is 65.5 Å². The van der Waals surface area contributed by atoms with Gasteiger partial charge in [0.1, 0.15) is 11.6 Å². The highest BCUT2D eigenvalue weighted by atomic mass is 32.1. The summed E-state index contributed by atoms with van der Waals surface area (Å²) in [6.07, 6.45) is -4.31. The highest BCUT2D eigenvalue weighted by molar-refractivity contribution is 7.80. The smallest absolute Gasteiger partial charge is 0.406 e. The van der Waals surface area contributed by atoms with Gasteiger partial charge in [0.25, 0.3) is 11.3 Å². The number of nitrogens with zero attached hydrogens (tertiary/aromatic N) is 3. The third kappa shape index (κ3) is 4.48. The topological polar surface area (TPSA) is 72.3 Å². The predicted octanol–water partition coefficient (Wildman–Crippen LogP) is 3.93. The van der Waals surface area contributed by atoms with Crippen LogP contribution in [0.3, 0.4) is 0 Å². The van der Waals surface area contributed by atoms with E-state index < -0.39 is 17.2 Å². The van der Waals surface area contributed by atoms with Crippen molar-refractivity contribution in [3.05, 3.63) is 93.7 Å². The Bertz CT molecular complexity index is 1240. The molecular formula is C20H15F3N4O2S. The molecule has 1 N–H and O–H groups in total. The second-order valence-electron chi connectivity index (χ2n) is 6.51. The first-order valence-electron chi connectivity index (χ1n) is 8.85. The Balaban J connectivity index is 1.64. The van der Waals surface area contributed by atoms with Crippen molar-refractivity contribution in [2.24, 2.45) is 0 Å². The van der Waals surface area contributed by atoms with E-state index in [9.17, 15) is 18.0 Å². The minimum absolute atomic E-state index is 0.158. The van der Waals surface area contributed by atoms with E-state index >= 15 is 0 Å². The fraction of sp³-hybridized carbons (Fsp3) is 0.150. The SMILES string of the molecule is O=c1cc(C(S)c2cccc(OC(F)(F)F)c2)nc2nc(Cc3ccccc3)[nH]n12. The number of fused-ring (bicyclic) bond motifs is 1. The van der Waals surface area contributed by atoms with Gasteiger partial charge in [0, 0.05) is 12.5 Å². The maximum Gasteiger partial charge on any atom is 0.573 e. The van der Waals surface area contributed by atoms with Crippen molar-refractivity contribution in [2.45, 2.75) is 18.0 Å². The maximum atomic E-state index is 12.5. The first-order chi connectivity index (χ1) is 14.3. The molecule has 10 heteroatoms. The number of rotatable bonds is 5. The summed E-state index contributed by atoms with van der Waals surface area (Å²) in [5.41, 5.74) is 1.28. The van der Waals surface area contributed by atoms with E-state index in [-0.39, 0.29) is 17.2 Å². The summed E-state index contributed by atoms with van der Waals surface area (Å²) in [5.74, 6) is 0.339. The largest absolute Gasteiger partial charge is 0.573 e. The van der Waals surface area contributed by atoms with Gasteiger partial charge in [0.15, 0.2) is 0 Å². The fourth-order valence-electron chi connectivity index (χ4n) is 3.00. The number of aromatic nitrogens is 4. The number of benzene rings is 2. The molecule has 0 spiro atoms. The van der Waals surface area contributed by atoms with Crippen LogP contribution in [0, 0.1) is 0 Å². The summed E-state index contributed by atoms with van der Waals surface area (Å²) >= 11 is 4.44. The van der Waals surface area contributed by atoms with Gasteiger partial charge in [-0.3, -0.25) is 9.89 Å². The number of ether oxygens (including phenoxy) is 1. The molecule has 0 aliphatic heterocycles. The van der Waals surface area contributed by atoms with Crippen molar-refractivity contribution >= 4 is 18.4 Å². The molecule has 0 radical (unpaired) electrons. The monoisotopic (exact) mass is 432 g/mol. The van der Waals surface area contributed by atoms with Gasteiger partial charge in [-0.1, -0.05) is 42.5 Å². The Morgan fingerprint density at radius 3 is 2.57 bits per heavy atom. The summed E-state index contributed by atoms with van der Waals surface area (Å²) in [6, 6.07) is 16.3. The van der Waals surface area contributed by atoms with Gasteiger partial charge in [-0.25, -0.2) is 4.98 Å². The van der Waals surface area contributed by atoms with E-state index in [1.807, 2.05) is 30.3 Å². The van der Waals surface area contributed by atoms with Gasteiger partial charge in [0.05, 0.1) is 10.9 Å². The average molecular weight is 432 g/mol. The molecule has 154 valence electrons. The van der Waals surface area contributed by atoms with Crippen molar-refractivity contribution in [2.75, 3.05) is 0 Å². The Hall–Kier alpha value is -3.27. The summed E-state index contributed by atoms with van der Waals surface area (Å²) in [5, 5.41) is 2.17. The molecule has 0 saturated heterocycles. The van der Waals surface area contributed by atoms with Crippen molar-refractivity contribution in [1.29, 1.82) is 0 Å². The molecule has 2 aromatic heterocycles. The average Bonchev–Trinajstić information content (AvgIpc) is 3.10. The zero-order valence-electron chi connectivity index (χ0n) is 15.3. The van der Waals surface area contributed by atoms with Crippen LogP contribution in [0.1, 0.15) is 27.9 Å². The second-order valence-corrected chi connectivity index (χ2v) is 7.03. The van der Waals surface area contributed by atoms with E-state index in [1.54, 1.807) is 6.07 Å². The van der Waals surface area contributed by atoms with Gasteiger partial charge >= 0.3 is 6.36 Å². The molecule has 0 aliphatic rings.